The van der Waals surface area contributed by atoms with Crippen molar-refractivity contribution in [3.8, 4) is 0 Å². The maximum atomic E-state index is 13.1. The number of hydrogen-bond acceptors (Lipinski definition) is 1. The molecule has 106 valence electrons. The van der Waals surface area contributed by atoms with Gasteiger partial charge in [0, 0.05) is 11.1 Å². The van der Waals surface area contributed by atoms with Crippen LogP contribution >= 0.6 is 11.6 Å². The van der Waals surface area contributed by atoms with Crippen LogP contribution in [0.2, 0.25) is 5.02 Å². The van der Waals surface area contributed by atoms with Crippen molar-refractivity contribution in [3.05, 3.63) is 70.0 Å². The van der Waals surface area contributed by atoms with Crippen molar-refractivity contribution < 1.29 is 4.39 Å². The molecule has 1 nitrogen and oxygen atoms in total. The van der Waals surface area contributed by atoms with Crippen LogP contribution in [-0.2, 0) is 12.8 Å². The Morgan fingerprint density at radius 2 is 1.95 bits per heavy atom. The minimum atomic E-state index is -0.179. The summed E-state index contributed by atoms with van der Waals surface area (Å²) < 4.78 is 13.1. The fourth-order valence-corrected chi connectivity index (χ4v) is 2.59. The van der Waals surface area contributed by atoms with Crippen molar-refractivity contribution >= 4 is 11.6 Å². The van der Waals surface area contributed by atoms with Gasteiger partial charge in [-0.2, -0.15) is 0 Å². The first-order chi connectivity index (χ1) is 9.58. The van der Waals surface area contributed by atoms with Gasteiger partial charge in [0.15, 0.2) is 0 Å². The summed E-state index contributed by atoms with van der Waals surface area (Å²) in [5.41, 5.74) is 3.38. The topological polar surface area (TPSA) is 12.0 Å². The Balaban J connectivity index is 2.09. The lowest BCUT2D eigenvalue weighted by Gasteiger charge is -2.18. The van der Waals surface area contributed by atoms with E-state index in [1.54, 1.807) is 6.07 Å². The highest BCUT2D eigenvalue weighted by Gasteiger charge is 2.10. The van der Waals surface area contributed by atoms with Crippen molar-refractivity contribution in [2.75, 3.05) is 7.05 Å². The van der Waals surface area contributed by atoms with E-state index in [0.29, 0.717) is 6.04 Å². The number of benzene rings is 2. The van der Waals surface area contributed by atoms with Crippen molar-refractivity contribution in [1.29, 1.82) is 0 Å². The third kappa shape index (κ3) is 4.06. The molecule has 0 aliphatic heterocycles. The lowest BCUT2D eigenvalue weighted by Crippen LogP contribution is -2.30. The average molecular weight is 292 g/mol. The first-order valence-electron chi connectivity index (χ1n) is 6.75. The third-order valence-electron chi connectivity index (χ3n) is 3.55. The second-order valence-corrected chi connectivity index (χ2v) is 5.53. The SMILES string of the molecule is CNC(Cc1cccc(Cl)c1)Cc1ccc(F)cc1C. The summed E-state index contributed by atoms with van der Waals surface area (Å²) in [5.74, 6) is -0.179. The van der Waals surface area contributed by atoms with E-state index in [4.69, 9.17) is 11.6 Å². The molecule has 0 radical (unpaired) electrons. The summed E-state index contributed by atoms with van der Waals surface area (Å²) in [7, 11) is 1.95. The minimum absolute atomic E-state index is 0.179. The van der Waals surface area contributed by atoms with E-state index in [1.165, 1.54) is 17.2 Å². The van der Waals surface area contributed by atoms with Gasteiger partial charge in [-0.15, -0.1) is 0 Å². The molecule has 1 N–H and O–H groups in total. The number of nitrogens with one attached hydrogen (secondary N) is 1. The molecule has 1 atom stereocenters. The van der Waals surface area contributed by atoms with Crippen LogP contribution in [0.15, 0.2) is 42.5 Å². The van der Waals surface area contributed by atoms with Crippen LogP contribution in [-0.4, -0.2) is 13.1 Å². The highest BCUT2D eigenvalue weighted by atomic mass is 35.5. The molecule has 0 saturated heterocycles. The predicted molar refractivity (Wildman–Crippen MR) is 82.8 cm³/mol. The molecule has 0 bridgehead atoms. The zero-order chi connectivity index (χ0) is 14.5. The molecule has 20 heavy (non-hydrogen) atoms. The summed E-state index contributed by atoms with van der Waals surface area (Å²) in [6.45, 7) is 1.95. The molecule has 0 aromatic heterocycles. The number of hydrogen-bond donors (Lipinski definition) is 1. The fourth-order valence-electron chi connectivity index (χ4n) is 2.38. The van der Waals surface area contributed by atoms with Crippen LogP contribution in [0, 0.1) is 12.7 Å². The van der Waals surface area contributed by atoms with Gasteiger partial charge in [-0.25, -0.2) is 4.39 Å². The Kier molecular flexibility index (Phi) is 5.16. The molecule has 2 aromatic rings. The maximum Gasteiger partial charge on any atom is 0.123 e. The highest BCUT2D eigenvalue weighted by Crippen LogP contribution is 2.16. The largest absolute Gasteiger partial charge is 0.316 e. The van der Waals surface area contributed by atoms with Gasteiger partial charge in [-0.3, -0.25) is 0 Å². The summed E-state index contributed by atoms with van der Waals surface area (Å²) in [4.78, 5) is 0. The lowest BCUT2D eigenvalue weighted by molar-refractivity contribution is 0.553. The molecular formula is C17H19ClFN. The number of halogens is 2. The van der Waals surface area contributed by atoms with Gasteiger partial charge in [0.05, 0.1) is 0 Å². The minimum Gasteiger partial charge on any atom is -0.316 e. The van der Waals surface area contributed by atoms with Crippen molar-refractivity contribution in [3.63, 3.8) is 0 Å². The molecule has 1 unspecified atom stereocenters. The number of aryl methyl sites for hydroxylation is 1. The number of rotatable bonds is 5. The van der Waals surface area contributed by atoms with E-state index in [0.717, 1.165) is 23.4 Å². The van der Waals surface area contributed by atoms with E-state index in [1.807, 2.05) is 38.2 Å². The van der Waals surface area contributed by atoms with E-state index in [9.17, 15) is 4.39 Å². The molecule has 0 saturated carbocycles. The Morgan fingerprint density at radius 3 is 2.60 bits per heavy atom. The van der Waals surface area contributed by atoms with E-state index in [-0.39, 0.29) is 5.82 Å². The standard InChI is InChI=1S/C17H19ClFN/c1-12-8-16(19)7-6-14(12)11-17(20-2)10-13-4-3-5-15(18)9-13/h3-9,17,20H,10-11H2,1-2H3. The van der Waals surface area contributed by atoms with Gasteiger partial charge in [0.1, 0.15) is 5.82 Å². The highest BCUT2D eigenvalue weighted by molar-refractivity contribution is 6.30. The maximum absolute atomic E-state index is 13.1. The average Bonchev–Trinajstić information content (AvgIpc) is 2.41. The summed E-state index contributed by atoms with van der Waals surface area (Å²) in [6, 6.07) is 13.2. The molecule has 0 aliphatic rings. The van der Waals surface area contributed by atoms with Gasteiger partial charge in [0.2, 0.25) is 0 Å². The van der Waals surface area contributed by atoms with Crippen molar-refractivity contribution in [2.24, 2.45) is 0 Å². The zero-order valence-electron chi connectivity index (χ0n) is 11.8. The molecule has 0 fully saturated rings. The Labute approximate surface area is 124 Å². The van der Waals surface area contributed by atoms with E-state index in [2.05, 4.69) is 11.4 Å². The molecule has 3 heteroatoms. The second-order valence-electron chi connectivity index (χ2n) is 5.09. The van der Waals surface area contributed by atoms with Gasteiger partial charge in [0.25, 0.3) is 0 Å². The number of likely N-dealkylation sites (N-methyl/N-ethyl adjacent to an activating group) is 1. The zero-order valence-corrected chi connectivity index (χ0v) is 12.5. The van der Waals surface area contributed by atoms with Crippen LogP contribution in [0.1, 0.15) is 16.7 Å². The molecule has 0 amide bonds. The van der Waals surface area contributed by atoms with Gasteiger partial charge >= 0.3 is 0 Å². The normalized spacial score (nSPS) is 12.4. The van der Waals surface area contributed by atoms with Gasteiger partial charge < -0.3 is 5.32 Å². The monoisotopic (exact) mass is 291 g/mol. The fraction of sp³-hybridized carbons (Fsp3) is 0.294. The lowest BCUT2D eigenvalue weighted by atomic mass is 9.96. The molecule has 0 heterocycles. The summed E-state index contributed by atoms with van der Waals surface area (Å²) in [6.07, 6.45) is 1.77. The van der Waals surface area contributed by atoms with Crippen LogP contribution < -0.4 is 5.32 Å². The summed E-state index contributed by atoms with van der Waals surface area (Å²) >= 11 is 6.01. The molecule has 0 aliphatic carbocycles. The van der Waals surface area contributed by atoms with Gasteiger partial charge in [-0.1, -0.05) is 29.8 Å². The molecular weight excluding hydrogens is 273 g/mol. The Morgan fingerprint density at radius 1 is 1.15 bits per heavy atom. The van der Waals surface area contributed by atoms with E-state index >= 15 is 0 Å². The van der Waals surface area contributed by atoms with Crippen LogP contribution in [0.5, 0.6) is 0 Å². The predicted octanol–water partition coefficient (Wildman–Crippen LogP) is 4.16. The Hall–Kier alpha value is -1.38. The van der Waals surface area contributed by atoms with Gasteiger partial charge in [-0.05, 0) is 67.8 Å². The van der Waals surface area contributed by atoms with Crippen LogP contribution in [0.4, 0.5) is 4.39 Å². The van der Waals surface area contributed by atoms with Crippen LogP contribution in [0.3, 0.4) is 0 Å². The quantitative estimate of drug-likeness (QED) is 0.872. The first-order valence-corrected chi connectivity index (χ1v) is 7.13. The first kappa shape index (κ1) is 15.0. The molecule has 2 rings (SSSR count). The van der Waals surface area contributed by atoms with E-state index < -0.39 is 0 Å². The third-order valence-corrected chi connectivity index (χ3v) is 3.79. The molecule has 2 aromatic carbocycles. The van der Waals surface area contributed by atoms with Crippen molar-refractivity contribution in [1.82, 2.24) is 5.32 Å². The van der Waals surface area contributed by atoms with Crippen LogP contribution in [0.25, 0.3) is 0 Å². The second kappa shape index (κ2) is 6.87. The molecule has 0 spiro atoms. The smallest absolute Gasteiger partial charge is 0.123 e. The van der Waals surface area contributed by atoms with Crippen molar-refractivity contribution in [2.45, 2.75) is 25.8 Å². The Bertz CT molecular complexity index is 583. The summed E-state index contributed by atoms with van der Waals surface area (Å²) in [5, 5.41) is 4.08.